The first-order valence-electron chi connectivity index (χ1n) is 9.03. The van der Waals surface area contributed by atoms with Crippen molar-refractivity contribution >= 4 is 18.0 Å². The van der Waals surface area contributed by atoms with Gasteiger partial charge in [0.25, 0.3) is 0 Å². The minimum Gasteiger partial charge on any atom is -0.460 e. The Morgan fingerprint density at radius 3 is 2.26 bits per heavy atom. The highest BCUT2D eigenvalue weighted by atomic mass is 16.6. The van der Waals surface area contributed by atoms with Crippen molar-refractivity contribution in [1.82, 2.24) is 10.6 Å². The van der Waals surface area contributed by atoms with Gasteiger partial charge in [-0.15, -0.1) is 0 Å². The third kappa shape index (κ3) is 10.2. The van der Waals surface area contributed by atoms with Crippen LogP contribution in [-0.4, -0.2) is 36.2 Å². The number of esters is 1. The van der Waals surface area contributed by atoms with E-state index in [1.54, 1.807) is 20.8 Å². The number of ether oxygens (including phenoxy) is 2. The van der Waals surface area contributed by atoms with Crippen molar-refractivity contribution in [1.29, 1.82) is 0 Å². The van der Waals surface area contributed by atoms with E-state index in [2.05, 4.69) is 10.6 Å². The zero-order valence-electron chi connectivity index (χ0n) is 16.7. The molecule has 0 aliphatic heterocycles. The number of alkyl carbamates (subject to hydrolysis) is 1. The van der Waals surface area contributed by atoms with Crippen LogP contribution in [0.1, 0.15) is 46.6 Å². The molecule has 2 N–H and O–H groups in total. The Kier molecular flexibility index (Phi) is 8.78. The zero-order chi connectivity index (χ0) is 20.4. The van der Waals surface area contributed by atoms with Crippen molar-refractivity contribution in [2.75, 3.05) is 6.54 Å². The number of carbonyl (C=O) groups excluding carboxylic acids is 3. The predicted molar refractivity (Wildman–Crippen MR) is 102 cm³/mol. The van der Waals surface area contributed by atoms with Gasteiger partial charge in [-0.25, -0.2) is 4.79 Å². The summed E-state index contributed by atoms with van der Waals surface area (Å²) in [6.45, 7) is 8.97. The van der Waals surface area contributed by atoms with E-state index in [1.165, 1.54) is 0 Å². The van der Waals surface area contributed by atoms with Crippen LogP contribution in [0, 0.1) is 5.92 Å². The topological polar surface area (TPSA) is 93.7 Å². The number of nitrogens with one attached hydrogen (secondary N) is 2. The number of rotatable bonds is 8. The van der Waals surface area contributed by atoms with Crippen LogP contribution in [0.2, 0.25) is 0 Å². The molecule has 1 aromatic carbocycles. The Morgan fingerprint density at radius 2 is 1.70 bits per heavy atom. The summed E-state index contributed by atoms with van der Waals surface area (Å²) in [7, 11) is 0. The van der Waals surface area contributed by atoms with E-state index in [0.717, 1.165) is 5.56 Å². The second-order valence-corrected chi connectivity index (χ2v) is 7.69. The molecule has 0 saturated carbocycles. The van der Waals surface area contributed by atoms with E-state index in [0.29, 0.717) is 6.42 Å². The van der Waals surface area contributed by atoms with Gasteiger partial charge >= 0.3 is 12.1 Å². The summed E-state index contributed by atoms with van der Waals surface area (Å²) in [5.41, 5.74) is 0.200. The average molecular weight is 378 g/mol. The van der Waals surface area contributed by atoms with Crippen LogP contribution in [0.25, 0.3) is 0 Å². The fourth-order valence-electron chi connectivity index (χ4n) is 2.22. The highest BCUT2D eigenvalue weighted by molar-refractivity contribution is 5.88. The quantitative estimate of drug-likeness (QED) is 0.679. The molecule has 27 heavy (non-hydrogen) atoms. The van der Waals surface area contributed by atoms with E-state index in [9.17, 15) is 14.4 Å². The van der Waals surface area contributed by atoms with Gasteiger partial charge < -0.3 is 20.1 Å². The van der Waals surface area contributed by atoms with Gasteiger partial charge in [0.15, 0.2) is 0 Å². The number of benzene rings is 1. The van der Waals surface area contributed by atoms with Crippen LogP contribution < -0.4 is 10.6 Å². The lowest BCUT2D eigenvalue weighted by Crippen LogP contribution is -2.49. The first kappa shape index (κ1) is 22.5. The fourth-order valence-corrected chi connectivity index (χ4v) is 2.22. The smallest absolute Gasteiger partial charge is 0.408 e. The number of hydrogen-bond acceptors (Lipinski definition) is 5. The summed E-state index contributed by atoms with van der Waals surface area (Å²) < 4.78 is 10.3. The summed E-state index contributed by atoms with van der Waals surface area (Å²) in [6.07, 6.45) is -0.251. The van der Waals surface area contributed by atoms with Crippen LogP contribution in [-0.2, 0) is 25.7 Å². The Labute approximate surface area is 160 Å². The highest BCUT2D eigenvalue weighted by Crippen LogP contribution is 2.09. The molecule has 0 radical (unpaired) electrons. The monoisotopic (exact) mass is 378 g/mol. The van der Waals surface area contributed by atoms with Crippen LogP contribution in [0.3, 0.4) is 0 Å². The molecule has 0 aliphatic rings. The maximum atomic E-state index is 12.4. The minimum atomic E-state index is -0.790. The molecule has 0 saturated heterocycles. The molecular formula is C20H30N2O5. The summed E-state index contributed by atoms with van der Waals surface area (Å²) in [5.74, 6) is -0.834. The molecule has 7 nitrogen and oxygen atoms in total. The first-order valence-corrected chi connectivity index (χ1v) is 9.03. The fraction of sp³-hybridized carbons (Fsp3) is 0.550. The van der Waals surface area contributed by atoms with E-state index in [1.807, 2.05) is 44.2 Å². The SMILES string of the molecule is CC(C)C[C@H](NC(=O)OC(C)(C)C)C(=O)NCC(=O)OCc1ccccc1. The standard InChI is InChI=1S/C20H30N2O5/c1-14(2)11-16(22-19(25)27-20(3,4)5)18(24)21-12-17(23)26-13-15-9-7-6-8-10-15/h6-10,14,16H,11-13H2,1-5H3,(H,21,24)(H,22,25)/t16-/m0/s1. The van der Waals surface area contributed by atoms with Crippen LogP contribution >= 0.6 is 0 Å². The first-order chi connectivity index (χ1) is 12.6. The average Bonchev–Trinajstić information content (AvgIpc) is 2.56. The van der Waals surface area contributed by atoms with Crippen LogP contribution in [0.5, 0.6) is 0 Å². The third-order valence-electron chi connectivity index (χ3n) is 3.36. The largest absolute Gasteiger partial charge is 0.460 e. The van der Waals surface area contributed by atoms with Crippen LogP contribution in [0.15, 0.2) is 30.3 Å². The summed E-state index contributed by atoms with van der Waals surface area (Å²) in [6, 6.07) is 8.47. The van der Waals surface area contributed by atoms with Gasteiger partial charge in [0, 0.05) is 0 Å². The maximum Gasteiger partial charge on any atom is 0.408 e. The molecule has 150 valence electrons. The molecule has 1 rings (SSSR count). The lowest BCUT2D eigenvalue weighted by atomic mass is 10.0. The predicted octanol–water partition coefficient (Wildman–Crippen LogP) is 2.79. The molecule has 0 bridgehead atoms. The van der Waals surface area contributed by atoms with E-state index >= 15 is 0 Å². The summed E-state index contributed by atoms with van der Waals surface area (Å²) in [5, 5.41) is 5.07. The molecule has 1 aromatic rings. The van der Waals surface area contributed by atoms with Crippen molar-refractivity contribution in [2.24, 2.45) is 5.92 Å². The molecule has 1 atom stereocenters. The normalized spacial score (nSPS) is 12.2. The van der Waals surface area contributed by atoms with Gasteiger partial charge in [-0.3, -0.25) is 9.59 Å². The van der Waals surface area contributed by atoms with Crippen molar-refractivity contribution in [2.45, 2.75) is 59.3 Å². The minimum absolute atomic E-state index is 0.140. The molecule has 2 amide bonds. The Bertz CT molecular complexity index is 623. The van der Waals surface area contributed by atoms with Crippen molar-refractivity contribution < 1.29 is 23.9 Å². The number of hydrogen-bond donors (Lipinski definition) is 2. The molecular weight excluding hydrogens is 348 g/mol. The lowest BCUT2D eigenvalue weighted by Gasteiger charge is -2.24. The Hall–Kier alpha value is -2.57. The van der Waals surface area contributed by atoms with E-state index in [4.69, 9.17) is 9.47 Å². The summed E-state index contributed by atoms with van der Waals surface area (Å²) >= 11 is 0. The third-order valence-corrected chi connectivity index (χ3v) is 3.36. The number of carbonyl (C=O) groups is 3. The maximum absolute atomic E-state index is 12.4. The van der Waals surface area contributed by atoms with Gasteiger partial charge in [-0.1, -0.05) is 44.2 Å². The van der Waals surface area contributed by atoms with E-state index in [-0.39, 0.29) is 19.1 Å². The number of amides is 2. The van der Waals surface area contributed by atoms with Gasteiger partial charge in [0.05, 0.1) is 0 Å². The molecule has 0 unspecified atom stereocenters. The van der Waals surface area contributed by atoms with Gasteiger partial charge in [0.1, 0.15) is 24.8 Å². The Morgan fingerprint density at radius 1 is 1.07 bits per heavy atom. The lowest BCUT2D eigenvalue weighted by molar-refractivity contribution is -0.145. The van der Waals surface area contributed by atoms with Gasteiger partial charge in [-0.05, 0) is 38.7 Å². The molecule has 0 spiro atoms. The van der Waals surface area contributed by atoms with Crippen LogP contribution in [0.4, 0.5) is 4.79 Å². The molecule has 7 heteroatoms. The second-order valence-electron chi connectivity index (χ2n) is 7.69. The molecule has 0 fully saturated rings. The van der Waals surface area contributed by atoms with Gasteiger partial charge in [0.2, 0.25) is 5.91 Å². The summed E-state index contributed by atoms with van der Waals surface area (Å²) in [4.78, 5) is 36.1. The van der Waals surface area contributed by atoms with Crippen molar-refractivity contribution in [3.05, 3.63) is 35.9 Å². The highest BCUT2D eigenvalue weighted by Gasteiger charge is 2.25. The molecule has 0 aliphatic carbocycles. The molecule has 0 aromatic heterocycles. The zero-order valence-corrected chi connectivity index (χ0v) is 16.7. The van der Waals surface area contributed by atoms with Crippen molar-refractivity contribution in [3.8, 4) is 0 Å². The van der Waals surface area contributed by atoms with Gasteiger partial charge in [-0.2, -0.15) is 0 Å². The van der Waals surface area contributed by atoms with E-state index < -0.39 is 29.6 Å². The Balaban J connectivity index is 2.50. The second kappa shape index (κ2) is 10.5. The van der Waals surface area contributed by atoms with Crippen molar-refractivity contribution in [3.63, 3.8) is 0 Å². The molecule has 0 heterocycles.